The van der Waals surface area contributed by atoms with Gasteiger partial charge in [-0.05, 0) is 47.2 Å². The number of nitrogens with zero attached hydrogens (tertiary/aromatic N) is 1. The minimum atomic E-state index is -0.559. The lowest BCUT2D eigenvalue weighted by molar-refractivity contribution is -0.141. The lowest BCUT2D eigenvalue weighted by Crippen LogP contribution is -2.21. The van der Waals surface area contributed by atoms with E-state index in [4.69, 9.17) is 14.2 Å². The minimum Gasteiger partial charge on any atom is -0.493 e. The first-order chi connectivity index (χ1) is 16.6. The van der Waals surface area contributed by atoms with Gasteiger partial charge in [0.05, 0.1) is 25.5 Å². The molecule has 3 aromatic heterocycles. The van der Waals surface area contributed by atoms with Crippen LogP contribution in [-0.2, 0) is 14.3 Å². The van der Waals surface area contributed by atoms with Gasteiger partial charge in [0.15, 0.2) is 23.2 Å². The van der Waals surface area contributed by atoms with E-state index in [1.807, 2.05) is 52.5 Å². The molecule has 1 amide bonds. The molecule has 0 aliphatic carbocycles. The van der Waals surface area contributed by atoms with Crippen LogP contribution in [0.5, 0.6) is 11.5 Å². The van der Waals surface area contributed by atoms with Crippen LogP contribution in [0, 0.1) is 0 Å². The highest BCUT2D eigenvalue weighted by Crippen LogP contribution is 2.33. The minimum absolute atomic E-state index is 0.401. The fourth-order valence-corrected chi connectivity index (χ4v) is 5.12. The summed E-state index contributed by atoms with van der Waals surface area (Å²) >= 11 is 4.22. The number of benzene rings is 1. The van der Waals surface area contributed by atoms with Crippen molar-refractivity contribution in [1.29, 1.82) is 0 Å². The summed E-state index contributed by atoms with van der Waals surface area (Å²) < 4.78 is 15.9. The summed E-state index contributed by atoms with van der Waals surface area (Å²) in [6.07, 6.45) is 1.77. The summed E-state index contributed by atoms with van der Waals surface area (Å²) in [6.45, 7) is -0.419. The lowest BCUT2D eigenvalue weighted by atomic mass is 10.1. The zero-order valence-electron chi connectivity index (χ0n) is 18.3. The van der Waals surface area contributed by atoms with E-state index < -0.39 is 18.5 Å². The van der Waals surface area contributed by atoms with Crippen LogP contribution in [0.1, 0.15) is 9.75 Å². The number of carbonyl (C=O) groups excluding carboxylic acids is 2. The molecule has 10 heteroatoms. The van der Waals surface area contributed by atoms with E-state index in [2.05, 4.69) is 10.3 Å². The Morgan fingerprint density at radius 1 is 1.00 bits per heavy atom. The summed E-state index contributed by atoms with van der Waals surface area (Å²) in [5.41, 5.74) is 1.91. The Morgan fingerprint density at radius 3 is 2.50 bits per heavy atom. The second kappa shape index (κ2) is 11.1. The Bertz CT molecular complexity index is 1290. The number of rotatable bonds is 9. The molecule has 0 unspecified atom stereocenters. The van der Waals surface area contributed by atoms with Crippen molar-refractivity contribution in [3.05, 3.63) is 68.4 Å². The van der Waals surface area contributed by atoms with Gasteiger partial charge in [-0.15, -0.1) is 34.0 Å². The third-order valence-corrected chi connectivity index (χ3v) is 7.08. The van der Waals surface area contributed by atoms with Gasteiger partial charge in [-0.3, -0.25) is 10.1 Å². The van der Waals surface area contributed by atoms with Crippen LogP contribution in [-0.4, -0.2) is 37.7 Å². The van der Waals surface area contributed by atoms with Crippen molar-refractivity contribution < 1.29 is 23.8 Å². The zero-order chi connectivity index (χ0) is 23.9. The van der Waals surface area contributed by atoms with E-state index in [0.29, 0.717) is 27.9 Å². The van der Waals surface area contributed by atoms with Gasteiger partial charge >= 0.3 is 5.97 Å². The van der Waals surface area contributed by atoms with E-state index in [0.717, 1.165) is 15.3 Å². The average Bonchev–Trinajstić information content (AvgIpc) is 3.63. The van der Waals surface area contributed by atoms with Crippen LogP contribution in [0.25, 0.3) is 22.9 Å². The molecule has 174 valence electrons. The fraction of sp³-hybridized carbons (Fsp3) is 0.125. The molecule has 0 saturated heterocycles. The first-order valence-electron chi connectivity index (χ1n) is 10.0. The molecular formula is C24H20N2O5S3. The summed E-state index contributed by atoms with van der Waals surface area (Å²) in [7, 11) is 3.14. The van der Waals surface area contributed by atoms with Crippen molar-refractivity contribution in [2.24, 2.45) is 0 Å². The number of carbonyl (C=O) groups is 2. The van der Waals surface area contributed by atoms with Gasteiger partial charge in [0.25, 0.3) is 5.91 Å². The van der Waals surface area contributed by atoms with Gasteiger partial charge in [0.2, 0.25) is 0 Å². The van der Waals surface area contributed by atoms with Crippen LogP contribution >= 0.6 is 34.0 Å². The number of nitrogens with one attached hydrogen (secondary N) is 1. The summed E-state index contributed by atoms with van der Waals surface area (Å²) in [4.78, 5) is 31.3. The number of amides is 1. The maximum absolute atomic E-state index is 12.7. The average molecular weight is 513 g/mol. The molecule has 0 aliphatic heterocycles. The van der Waals surface area contributed by atoms with E-state index in [9.17, 15) is 9.59 Å². The molecule has 34 heavy (non-hydrogen) atoms. The Kier molecular flexibility index (Phi) is 7.73. The number of esters is 1. The Hall–Kier alpha value is -3.47. The van der Waals surface area contributed by atoms with Crippen LogP contribution in [0.2, 0.25) is 0 Å². The van der Waals surface area contributed by atoms with Gasteiger partial charge in [0.1, 0.15) is 0 Å². The Morgan fingerprint density at radius 2 is 1.79 bits per heavy atom. The fourth-order valence-electron chi connectivity index (χ4n) is 3.00. The number of aromatic nitrogens is 1. The van der Waals surface area contributed by atoms with Crippen molar-refractivity contribution in [1.82, 2.24) is 4.98 Å². The van der Waals surface area contributed by atoms with Crippen LogP contribution in [0.15, 0.2) is 58.6 Å². The molecular weight excluding hydrogens is 492 g/mol. The van der Waals surface area contributed by atoms with Gasteiger partial charge in [-0.1, -0.05) is 12.1 Å². The summed E-state index contributed by atoms with van der Waals surface area (Å²) in [5, 5.41) is 8.72. The van der Waals surface area contributed by atoms with Crippen molar-refractivity contribution >= 4 is 62.7 Å². The maximum atomic E-state index is 12.7. The number of hydrogen-bond donors (Lipinski definition) is 1. The molecule has 0 fully saturated rings. The highest BCUT2D eigenvalue weighted by atomic mass is 32.1. The molecule has 4 aromatic rings. The third kappa shape index (κ3) is 5.71. The van der Waals surface area contributed by atoms with Crippen molar-refractivity contribution in [3.8, 4) is 22.8 Å². The van der Waals surface area contributed by atoms with Crippen molar-refractivity contribution in [2.45, 2.75) is 0 Å². The molecule has 0 radical (unpaired) electrons. The van der Waals surface area contributed by atoms with E-state index in [1.165, 1.54) is 34.0 Å². The van der Waals surface area contributed by atoms with Crippen LogP contribution < -0.4 is 14.8 Å². The normalized spacial score (nSPS) is 11.2. The van der Waals surface area contributed by atoms with E-state index >= 15 is 0 Å². The molecule has 0 spiro atoms. The zero-order valence-corrected chi connectivity index (χ0v) is 20.7. The Balaban J connectivity index is 1.39. The number of thiophene rings is 2. The predicted octanol–water partition coefficient (Wildman–Crippen LogP) is 5.67. The van der Waals surface area contributed by atoms with Crippen molar-refractivity contribution in [2.75, 3.05) is 26.1 Å². The molecule has 0 saturated carbocycles. The van der Waals surface area contributed by atoms with Crippen molar-refractivity contribution in [3.63, 3.8) is 0 Å². The predicted molar refractivity (Wildman–Crippen MR) is 137 cm³/mol. The number of hydrogen-bond acceptors (Lipinski definition) is 9. The molecule has 0 bridgehead atoms. The number of methoxy groups -OCH3 is 2. The van der Waals surface area contributed by atoms with E-state index in [1.54, 1.807) is 26.4 Å². The molecule has 0 aliphatic rings. The number of thiazole rings is 1. The highest BCUT2D eigenvalue weighted by Gasteiger charge is 2.18. The molecule has 0 atom stereocenters. The largest absolute Gasteiger partial charge is 0.493 e. The number of anilines is 1. The standard InChI is InChI=1S/C24H20N2O5S3/c1-29-19-8-7-15(11-20(19)30-2)18-14-34-24(25-18)26-22(27)13-31-23(28)17(21-6-4-10-33-21)12-16-5-3-9-32-16/h3-12,14H,13H2,1-2H3,(H,25,26,27)/b17-12+. The van der Waals surface area contributed by atoms with Gasteiger partial charge in [0, 0.05) is 20.7 Å². The second-order valence-corrected chi connectivity index (χ2v) is 9.57. The Labute approximate surface area is 208 Å². The van der Waals surface area contributed by atoms with Gasteiger partial charge in [-0.25, -0.2) is 9.78 Å². The van der Waals surface area contributed by atoms with Gasteiger partial charge < -0.3 is 14.2 Å². The molecule has 7 nitrogen and oxygen atoms in total. The summed E-state index contributed by atoms with van der Waals surface area (Å²) in [6, 6.07) is 13.0. The molecule has 3 heterocycles. The SMILES string of the molecule is COc1ccc(-c2csc(NC(=O)COC(=O)/C(=C/c3cccs3)c3cccs3)n2)cc1OC. The number of ether oxygens (including phenoxy) is 3. The van der Waals surface area contributed by atoms with Crippen LogP contribution in [0.3, 0.4) is 0 Å². The van der Waals surface area contributed by atoms with Crippen LogP contribution in [0.4, 0.5) is 5.13 Å². The maximum Gasteiger partial charge on any atom is 0.340 e. The third-order valence-electron chi connectivity index (χ3n) is 4.60. The molecule has 1 N–H and O–H groups in total. The molecule has 1 aromatic carbocycles. The van der Waals surface area contributed by atoms with E-state index in [-0.39, 0.29) is 0 Å². The first kappa shape index (κ1) is 23.7. The van der Waals surface area contributed by atoms with Gasteiger partial charge in [-0.2, -0.15) is 0 Å². The monoisotopic (exact) mass is 512 g/mol. The second-order valence-electron chi connectivity index (χ2n) is 6.78. The smallest absolute Gasteiger partial charge is 0.340 e. The first-order valence-corrected chi connectivity index (χ1v) is 12.6. The summed E-state index contributed by atoms with van der Waals surface area (Å²) in [5.74, 6) is 0.175. The topological polar surface area (TPSA) is 86.8 Å². The molecule has 4 rings (SSSR count). The lowest BCUT2D eigenvalue weighted by Gasteiger charge is -2.08. The highest BCUT2D eigenvalue weighted by molar-refractivity contribution is 7.14. The quantitative estimate of drug-likeness (QED) is 0.230.